The number of anilines is 1. The maximum Gasteiger partial charge on any atom is 0.229 e. The fourth-order valence-electron chi connectivity index (χ4n) is 3.00. The van der Waals surface area contributed by atoms with Crippen LogP contribution in [-0.2, 0) is 11.2 Å². The lowest BCUT2D eigenvalue weighted by molar-refractivity contribution is -0.115. The number of aromatic nitrogens is 2. The number of rotatable bonds is 6. The smallest absolute Gasteiger partial charge is 0.229 e. The molecule has 1 amide bonds. The Morgan fingerprint density at radius 1 is 1.08 bits per heavy atom. The quantitative estimate of drug-likeness (QED) is 0.682. The van der Waals surface area contributed by atoms with Gasteiger partial charge in [-0.2, -0.15) is 5.10 Å². The first-order valence-corrected chi connectivity index (χ1v) is 8.93. The summed E-state index contributed by atoms with van der Waals surface area (Å²) in [6.45, 7) is 0. The zero-order valence-electron chi connectivity index (χ0n) is 14.4. The fraction of sp³-hybridized carbons (Fsp3) is 0.238. The molecule has 3 aromatic rings. The van der Waals surface area contributed by atoms with E-state index in [2.05, 4.69) is 15.5 Å². The third-order valence-corrected chi connectivity index (χ3v) is 4.68. The molecule has 1 aromatic heterocycles. The Labute approximate surface area is 152 Å². The van der Waals surface area contributed by atoms with Crippen molar-refractivity contribution in [3.63, 3.8) is 0 Å². The zero-order valence-corrected chi connectivity index (χ0v) is 14.4. The van der Waals surface area contributed by atoms with Gasteiger partial charge in [0, 0.05) is 17.7 Å². The van der Waals surface area contributed by atoms with Gasteiger partial charge in [0.15, 0.2) is 5.82 Å². The number of carbonyl (C=O) groups excluding carboxylic acids is 1. The van der Waals surface area contributed by atoms with E-state index in [1.165, 1.54) is 19.3 Å². The molecule has 0 spiro atoms. The molecule has 2 aromatic carbocycles. The number of ether oxygens (including phenoxy) is 1. The maximum atomic E-state index is 12.2. The second kappa shape index (κ2) is 7.44. The number of carbonyl (C=O) groups is 1. The van der Waals surface area contributed by atoms with Crippen molar-refractivity contribution in [2.75, 3.05) is 5.32 Å². The average Bonchev–Trinajstić information content (AvgIpc) is 3.03. The van der Waals surface area contributed by atoms with Crippen LogP contribution in [0.5, 0.6) is 11.5 Å². The van der Waals surface area contributed by atoms with Gasteiger partial charge in [0.25, 0.3) is 0 Å². The van der Waals surface area contributed by atoms with Crippen molar-refractivity contribution in [3.05, 3.63) is 71.9 Å². The topological polar surface area (TPSA) is 67.0 Å². The molecule has 0 unspecified atom stereocenters. The van der Waals surface area contributed by atoms with Crippen LogP contribution in [0.4, 0.5) is 5.82 Å². The van der Waals surface area contributed by atoms with Gasteiger partial charge in [-0.3, -0.25) is 9.89 Å². The summed E-state index contributed by atoms with van der Waals surface area (Å²) in [6.07, 6.45) is 3.98. The SMILES string of the molecule is O=C(Cc1ccc(Oc2ccccc2)cc1)Nc1cc(C2CCC2)[nH]n1. The summed E-state index contributed by atoms with van der Waals surface area (Å²) in [4.78, 5) is 12.2. The molecule has 0 bridgehead atoms. The molecular weight excluding hydrogens is 326 g/mol. The molecule has 26 heavy (non-hydrogen) atoms. The van der Waals surface area contributed by atoms with Crippen LogP contribution < -0.4 is 10.1 Å². The van der Waals surface area contributed by atoms with Gasteiger partial charge < -0.3 is 10.1 Å². The molecule has 0 aliphatic heterocycles. The Hall–Kier alpha value is -3.08. The molecule has 0 saturated heterocycles. The molecule has 0 radical (unpaired) electrons. The number of hydrogen-bond donors (Lipinski definition) is 2. The summed E-state index contributed by atoms with van der Waals surface area (Å²) < 4.78 is 5.76. The van der Waals surface area contributed by atoms with Crippen molar-refractivity contribution in [2.45, 2.75) is 31.6 Å². The monoisotopic (exact) mass is 347 g/mol. The van der Waals surface area contributed by atoms with E-state index in [9.17, 15) is 4.79 Å². The third-order valence-electron chi connectivity index (χ3n) is 4.68. The summed E-state index contributed by atoms with van der Waals surface area (Å²) in [6, 6.07) is 19.1. The van der Waals surface area contributed by atoms with Crippen LogP contribution in [0, 0.1) is 0 Å². The van der Waals surface area contributed by atoms with Gasteiger partial charge in [-0.15, -0.1) is 0 Å². The van der Waals surface area contributed by atoms with Crippen LogP contribution >= 0.6 is 0 Å². The molecule has 1 heterocycles. The molecule has 0 atom stereocenters. The highest BCUT2D eigenvalue weighted by atomic mass is 16.5. The first-order chi connectivity index (χ1) is 12.8. The predicted octanol–water partition coefficient (Wildman–Crippen LogP) is 4.65. The second-order valence-electron chi connectivity index (χ2n) is 6.62. The predicted molar refractivity (Wildman–Crippen MR) is 100 cm³/mol. The summed E-state index contributed by atoms with van der Waals surface area (Å²) in [5.41, 5.74) is 2.05. The first kappa shape index (κ1) is 16.4. The zero-order chi connectivity index (χ0) is 17.8. The van der Waals surface area contributed by atoms with Crippen molar-refractivity contribution in [1.82, 2.24) is 10.2 Å². The van der Waals surface area contributed by atoms with E-state index >= 15 is 0 Å². The minimum atomic E-state index is -0.0756. The average molecular weight is 347 g/mol. The van der Waals surface area contributed by atoms with Crippen molar-refractivity contribution in [1.29, 1.82) is 0 Å². The summed E-state index contributed by atoms with van der Waals surface area (Å²) in [5.74, 6) is 2.64. The lowest BCUT2D eigenvalue weighted by Crippen LogP contribution is -2.14. The highest BCUT2D eigenvalue weighted by Crippen LogP contribution is 2.35. The van der Waals surface area contributed by atoms with Gasteiger partial charge in [-0.05, 0) is 42.7 Å². The normalized spacial score (nSPS) is 13.8. The van der Waals surface area contributed by atoms with Crippen LogP contribution in [0.1, 0.15) is 36.4 Å². The van der Waals surface area contributed by atoms with Crippen LogP contribution in [0.25, 0.3) is 0 Å². The van der Waals surface area contributed by atoms with Gasteiger partial charge in [-0.1, -0.05) is 36.8 Å². The van der Waals surface area contributed by atoms with Crippen LogP contribution in [0.2, 0.25) is 0 Å². The van der Waals surface area contributed by atoms with E-state index in [0.29, 0.717) is 18.2 Å². The highest BCUT2D eigenvalue weighted by Gasteiger charge is 2.21. The molecule has 1 aliphatic rings. The largest absolute Gasteiger partial charge is 0.457 e. The van der Waals surface area contributed by atoms with Crippen molar-refractivity contribution in [3.8, 4) is 11.5 Å². The molecule has 1 aliphatic carbocycles. The number of benzene rings is 2. The van der Waals surface area contributed by atoms with Crippen molar-refractivity contribution < 1.29 is 9.53 Å². The summed E-state index contributed by atoms with van der Waals surface area (Å²) in [5, 5.41) is 10.1. The molecule has 5 nitrogen and oxygen atoms in total. The lowest BCUT2D eigenvalue weighted by Gasteiger charge is -2.23. The Kier molecular flexibility index (Phi) is 4.69. The van der Waals surface area contributed by atoms with E-state index in [1.54, 1.807) is 0 Å². The van der Waals surface area contributed by atoms with Crippen LogP contribution in [0.15, 0.2) is 60.7 Å². The number of nitrogens with zero attached hydrogens (tertiary/aromatic N) is 1. The number of amides is 1. The number of hydrogen-bond acceptors (Lipinski definition) is 3. The lowest BCUT2D eigenvalue weighted by atomic mass is 9.83. The first-order valence-electron chi connectivity index (χ1n) is 8.93. The maximum absolute atomic E-state index is 12.2. The van der Waals surface area contributed by atoms with E-state index < -0.39 is 0 Å². The van der Waals surface area contributed by atoms with E-state index in [0.717, 1.165) is 22.8 Å². The molecular formula is C21H21N3O2. The van der Waals surface area contributed by atoms with Gasteiger partial charge in [-0.25, -0.2) is 0 Å². The van der Waals surface area contributed by atoms with Crippen LogP contribution in [-0.4, -0.2) is 16.1 Å². The van der Waals surface area contributed by atoms with Gasteiger partial charge >= 0.3 is 0 Å². The molecule has 4 rings (SSSR count). The number of nitrogens with one attached hydrogen (secondary N) is 2. The van der Waals surface area contributed by atoms with Crippen molar-refractivity contribution in [2.24, 2.45) is 0 Å². The molecule has 2 N–H and O–H groups in total. The third kappa shape index (κ3) is 3.94. The standard InChI is InChI=1S/C21H21N3O2/c25-21(22-20-14-19(23-24-20)16-5-4-6-16)13-15-9-11-18(12-10-15)26-17-7-2-1-3-8-17/h1-3,7-12,14,16H,4-6,13H2,(H2,22,23,24,25). The fourth-order valence-corrected chi connectivity index (χ4v) is 3.00. The van der Waals surface area contributed by atoms with Gasteiger partial charge in [0.05, 0.1) is 6.42 Å². The van der Waals surface area contributed by atoms with Gasteiger partial charge in [0.2, 0.25) is 5.91 Å². The Balaban J connectivity index is 1.31. The summed E-state index contributed by atoms with van der Waals surface area (Å²) >= 11 is 0. The minimum Gasteiger partial charge on any atom is -0.457 e. The molecule has 1 fully saturated rings. The molecule has 5 heteroatoms. The van der Waals surface area contributed by atoms with E-state index in [4.69, 9.17) is 4.74 Å². The molecule has 132 valence electrons. The van der Waals surface area contributed by atoms with Crippen LogP contribution in [0.3, 0.4) is 0 Å². The Bertz CT molecular complexity index is 868. The molecule has 1 saturated carbocycles. The number of aromatic amines is 1. The number of H-pyrrole nitrogens is 1. The Morgan fingerprint density at radius 3 is 2.50 bits per heavy atom. The van der Waals surface area contributed by atoms with Crippen molar-refractivity contribution >= 4 is 11.7 Å². The summed E-state index contributed by atoms with van der Waals surface area (Å²) in [7, 11) is 0. The van der Waals surface area contributed by atoms with E-state index in [1.807, 2.05) is 60.7 Å². The Morgan fingerprint density at radius 2 is 1.81 bits per heavy atom. The highest BCUT2D eigenvalue weighted by molar-refractivity contribution is 5.91. The second-order valence-corrected chi connectivity index (χ2v) is 6.62. The van der Waals surface area contributed by atoms with Gasteiger partial charge in [0.1, 0.15) is 11.5 Å². The minimum absolute atomic E-state index is 0.0756. The number of para-hydroxylation sites is 1. The van der Waals surface area contributed by atoms with E-state index in [-0.39, 0.29) is 5.91 Å².